The van der Waals surface area contributed by atoms with Crippen molar-refractivity contribution in [3.05, 3.63) is 46.4 Å². The molecule has 2 aromatic carbocycles. The van der Waals surface area contributed by atoms with Gasteiger partial charge >= 0.3 is 0 Å². The highest BCUT2D eigenvalue weighted by Crippen LogP contribution is 2.33. The minimum Gasteiger partial charge on any atom is -0.390 e. The van der Waals surface area contributed by atoms with Gasteiger partial charge in [-0.2, -0.15) is 0 Å². The summed E-state index contributed by atoms with van der Waals surface area (Å²) in [6.07, 6.45) is 2.03. The SMILES string of the molecule is CC1CCN(CC(O)Cn2c3ccc(Cl)cc3c3cc(Cl)ccc32)CC1. The first-order valence-corrected chi connectivity index (χ1v) is 10.0. The molecule has 1 saturated heterocycles. The molecule has 3 nitrogen and oxygen atoms in total. The topological polar surface area (TPSA) is 28.4 Å². The van der Waals surface area contributed by atoms with Crippen molar-refractivity contribution in [3.63, 3.8) is 0 Å². The van der Waals surface area contributed by atoms with Crippen molar-refractivity contribution >= 4 is 45.0 Å². The molecule has 0 amide bonds. The maximum Gasteiger partial charge on any atom is 0.0845 e. The van der Waals surface area contributed by atoms with E-state index < -0.39 is 6.10 Å². The van der Waals surface area contributed by atoms with E-state index in [4.69, 9.17) is 23.2 Å². The summed E-state index contributed by atoms with van der Waals surface area (Å²) in [6.45, 7) is 5.75. The number of piperidine rings is 1. The van der Waals surface area contributed by atoms with Crippen LogP contribution in [0.2, 0.25) is 10.0 Å². The second kappa shape index (κ2) is 7.40. The lowest BCUT2D eigenvalue weighted by molar-refractivity contribution is 0.0817. The fourth-order valence-corrected chi connectivity index (χ4v) is 4.40. The van der Waals surface area contributed by atoms with Crippen LogP contribution in [0.15, 0.2) is 36.4 Å². The van der Waals surface area contributed by atoms with Crippen LogP contribution < -0.4 is 0 Å². The fraction of sp³-hybridized carbons (Fsp3) is 0.429. The van der Waals surface area contributed by atoms with Crippen LogP contribution in [-0.2, 0) is 6.54 Å². The van der Waals surface area contributed by atoms with Crippen molar-refractivity contribution in [3.8, 4) is 0 Å². The molecule has 1 aliphatic heterocycles. The van der Waals surface area contributed by atoms with E-state index in [0.717, 1.165) is 47.4 Å². The summed E-state index contributed by atoms with van der Waals surface area (Å²) in [7, 11) is 0. The van der Waals surface area contributed by atoms with Crippen LogP contribution >= 0.6 is 23.2 Å². The highest BCUT2D eigenvalue weighted by molar-refractivity contribution is 6.33. The molecule has 0 radical (unpaired) electrons. The zero-order chi connectivity index (χ0) is 18.3. The molecule has 0 bridgehead atoms. The lowest BCUT2D eigenvalue weighted by Gasteiger charge is -2.31. The molecule has 2 heterocycles. The predicted molar refractivity (Wildman–Crippen MR) is 110 cm³/mol. The summed E-state index contributed by atoms with van der Waals surface area (Å²) in [5.74, 6) is 0.801. The standard InChI is InChI=1S/C21H24Cl2N2O/c1-14-6-8-24(9-7-14)12-17(26)13-25-20-4-2-15(22)10-18(20)19-11-16(23)3-5-21(19)25/h2-5,10-11,14,17,26H,6-9,12-13H2,1H3. The van der Waals surface area contributed by atoms with E-state index in [1.807, 2.05) is 36.4 Å². The van der Waals surface area contributed by atoms with Gasteiger partial charge in [-0.1, -0.05) is 30.1 Å². The number of β-amino-alcohol motifs (C(OH)–C–C–N with tert-alkyl or cyclic N) is 1. The average molecular weight is 391 g/mol. The number of likely N-dealkylation sites (tertiary alicyclic amines) is 1. The number of hydrogen-bond acceptors (Lipinski definition) is 2. The van der Waals surface area contributed by atoms with Crippen LogP contribution in [0.5, 0.6) is 0 Å². The Morgan fingerprint density at radius 2 is 1.50 bits per heavy atom. The van der Waals surface area contributed by atoms with Gasteiger partial charge in [-0.15, -0.1) is 0 Å². The number of fused-ring (bicyclic) bond motifs is 3. The van der Waals surface area contributed by atoms with Crippen molar-refractivity contribution in [1.29, 1.82) is 0 Å². The van der Waals surface area contributed by atoms with E-state index in [0.29, 0.717) is 16.6 Å². The molecule has 3 aromatic rings. The van der Waals surface area contributed by atoms with Crippen LogP contribution in [-0.4, -0.2) is 40.3 Å². The zero-order valence-corrected chi connectivity index (χ0v) is 16.5. The minimum absolute atomic E-state index is 0.409. The maximum atomic E-state index is 10.8. The molecule has 1 N–H and O–H groups in total. The number of nitrogens with zero attached hydrogens (tertiary/aromatic N) is 2. The van der Waals surface area contributed by atoms with Crippen molar-refractivity contribution < 1.29 is 5.11 Å². The van der Waals surface area contributed by atoms with E-state index in [1.54, 1.807) is 0 Å². The Labute approximate surface area is 164 Å². The fourth-order valence-electron chi connectivity index (χ4n) is 4.06. The average Bonchev–Trinajstić information content (AvgIpc) is 2.89. The molecule has 1 unspecified atom stereocenters. The minimum atomic E-state index is -0.409. The first-order valence-electron chi connectivity index (χ1n) is 9.28. The summed E-state index contributed by atoms with van der Waals surface area (Å²) in [5.41, 5.74) is 2.16. The van der Waals surface area contributed by atoms with Crippen LogP contribution in [0, 0.1) is 5.92 Å². The Bertz CT molecular complexity index is 869. The van der Waals surface area contributed by atoms with Gasteiger partial charge in [-0.25, -0.2) is 0 Å². The molecule has 26 heavy (non-hydrogen) atoms. The van der Waals surface area contributed by atoms with Crippen LogP contribution in [0.4, 0.5) is 0 Å². The predicted octanol–water partition coefficient (Wildman–Crippen LogP) is 5.19. The number of aromatic nitrogens is 1. The molecular formula is C21H24Cl2N2O. The third-order valence-electron chi connectivity index (χ3n) is 5.53. The van der Waals surface area contributed by atoms with Crippen LogP contribution in [0.1, 0.15) is 19.8 Å². The Hall–Kier alpha value is -1.26. The van der Waals surface area contributed by atoms with Gasteiger partial charge in [0.15, 0.2) is 0 Å². The van der Waals surface area contributed by atoms with Gasteiger partial charge in [0.2, 0.25) is 0 Å². The smallest absolute Gasteiger partial charge is 0.0845 e. The Morgan fingerprint density at radius 3 is 2.04 bits per heavy atom. The molecule has 1 aliphatic rings. The summed E-state index contributed by atoms with van der Waals surface area (Å²) in [6, 6.07) is 11.8. The summed E-state index contributed by atoms with van der Waals surface area (Å²) < 4.78 is 2.19. The highest BCUT2D eigenvalue weighted by atomic mass is 35.5. The number of rotatable bonds is 4. The second-order valence-corrected chi connectivity index (χ2v) is 8.44. The molecule has 1 fully saturated rings. The van der Waals surface area contributed by atoms with E-state index in [-0.39, 0.29) is 0 Å². The number of benzene rings is 2. The Balaban J connectivity index is 1.64. The summed E-state index contributed by atoms with van der Waals surface area (Å²) in [4.78, 5) is 2.38. The van der Waals surface area contributed by atoms with Crippen molar-refractivity contribution in [1.82, 2.24) is 9.47 Å². The van der Waals surface area contributed by atoms with E-state index >= 15 is 0 Å². The number of halogens is 2. The first-order chi connectivity index (χ1) is 12.5. The molecule has 4 rings (SSSR count). The molecule has 138 valence electrons. The van der Waals surface area contributed by atoms with Crippen LogP contribution in [0.3, 0.4) is 0 Å². The van der Waals surface area contributed by atoms with Gasteiger partial charge in [0, 0.05) is 38.4 Å². The number of aliphatic hydroxyl groups excluding tert-OH is 1. The molecule has 1 atom stereocenters. The largest absolute Gasteiger partial charge is 0.390 e. The Morgan fingerprint density at radius 1 is 0.962 bits per heavy atom. The van der Waals surface area contributed by atoms with E-state index in [9.17, 15) is 5.11 Å². The van der Waals surface area contributed by atoms with Crippen molar-refractivity contribution in [2.24, 2.45) is 5.92 Å². The molecule has 5 heteroatoms. The van der Waals surface area contributed by atoms with Gasteiger partial charge in [-0.3, -0.25) is 0 Å². The van der Waals surface area contributed by atoms with E-state index in [2.05, 4.69) is 16.4 Å². The van der Waals surface area contributed by atoms with Gasteiger partial charge < -0.3 is 14.6 Å². The third kappa shape index (κ3) is 3.59. The van der Waals surface area contributed by atoms with Gasteiger partial charge in [0.25, 0.3) is 0 Å². The summed E-state index contributed by atoms with van der Waals surface area (Å²) in [5, 5.41) is 14.3. The van der Waals surface area contributed by atoms with Gasteiger partial charge in [-0.05, 0) is 68.2 Å². The third-order valence-corrected chi connectivity index (χ3v) is 6.00. The van der Waals surface area contributed by atoms with Crippen molar-refractivity contribution in [2.75, 3.05) is 19.6 Å². The van der Waals surface area contributed by atoms with Crippen LogP contribution in [0.25, 0.3) is 21.8 Å². The zero-order valence-electron chi connectivity index (χ0n) is 15.0. The lowest BCUT2D eigenvalue weighted by Crippen LogP contribution is -2.39. The first kappa shape index (κ1) is 18.1. The maximum absolute atomic E-state index is 10.8. The number of aliphatic hydroxyl groups is 1. The quantitative estimate of drug-likeness (QED) is 0.663. The van der Waals surface area contributed by atoms with E-state index in [1.165, 1.54) is 12.8 Å². The monoisotopic (exact) mass is 390 g/mol. The molecule has 1 aromatic heterocycles. The molecule has 0 saturated carbocycles. The molecule has 0 spiro atoms. The molecular weight excluding hydrogens is 367 g/mol. The summed E-state index contributed by atoms with van der Waals surface area (Å²) >= 11 is 12.4. The molecule has 0 aliphatic carbocycles. The van der Waals surface area contributed by atoms with Gasteiger partial charge in [0.05, 0.1) is 12.6 Å². The highest BCUT2D eigenvalue weighted by Gasteiger charge is 2.20. The number of hydrogen-bond donors (Lipinski definition) is 1. The normalized spacial score (nSPS) is 18.0. The van der Waals surface area contributed by atoms with Gasteiger partial charge in [0.1, 0.15) is 0 Å². The second-order valence-electron chi connectivity index (χ2n) is 7.57. The Kier molecular flexibility index (Phi) is 5.15. The lowest BCUT2D eigenvalue weighted by atomic mass is 9.99. The van der Waals surface area contributed by atoms with Crippen molar-refractivity contribution in [2.45, 2.75) is 32.4 Å².